The molecule has 1 heterocycles. The quantitative estimate of drug-likeness (QED) is 0.577. The number of rotatable bonds is 7. The minimum Gasteiger partial charge on any atom is -0.496 e. The fourth-order valence-electron chi connectivity index (χ4n) is 2.67. The van der Waals surface area contributed by atoms with Crippen LogP contribution < -0.4 is 20.1 Å². The van der Waals surface area contributed by atoms with Crippen molar-refractivity contribution in [3.63, 3.8) is 0 Å². The number of benzene rings is 2. The van der Waals surface area contributed by atoms with Gasteiger partial charge in [-0.15, -0.1) is 0 Å². The highest BCUT2D eigenvalue weighted by molar-refractivity contribution is 6.31. The molecule has 0 atom stereocenters. The third-order valence-electron chi connectivity index (χ3n) is 3.93. The van der Waals surface area contributed by atoms with Crippen molar-refractivity contribution < 1.29 is 14.3 Å². The molecule has 0 unspecified atom stereocenters. The summed E-state index contributed by atoms with van der Waals surface area (Å²) in [7, 11) is 1.51. The van der Waals surface area contributed by atoms with Crippen molar-refractivity contribution in [3.05, 3.63) is 64.9 Å². The number of amides is 1. The minimum atomic E-state index is -0.308. The highest BCUT2D eigenvalue weighted by Crippen LogP contribution is 2.25. The minimum absolute atomic E-state index is 0.308. The molecule has 0 saturated heterocycles. The second-order valence-corrected chi connectivity index (χ2v) is 6.51. The monoisotopic (exact) mass is 412 g/mol. The normalized spacial score (nSPS) is 10.3. The largest absolute Gasteiger partial charge is 0.496 e. The fraction of sp³-hybridized carbons (Fsp3) is 0.190. The van der Waals surface area contributed by atoms with E-state index >= 15 is 0 Å². The van der Waals surface area contributed by atoms with Crippen molar-refractivity contribution in [1.29, 1.82) is 0 Å². The Morgan fingerprint density at radius 3 is 2.48 bits per heavy atom. The fourth-order valence-corrected chi connectivity index (χ4v) is 2.84. The number of ether oxygens (including phenoxy) is 2. The number of aryl methyl sites for hydroxylation is 1. The first kappa shape index (κ1) is 20.4. The number of methoxy groups -OCH3 is 1. The first-order valence-electron chi connectivity index (χ1n) is 8.99. The number of nitrogens with one attached hydrogen (secondary N) is 2. The summed E-state index contributed by atoms with van der Waals surface area (Å²) in [5.74, 6) is 1.90. The van der Waals surface area contributed by atoms with E-state index in [0.717, 1.165) is 5.69 Å². The maximum atomic E-state index is 12.6. The summed E-state index contributed by atoms with van der Waals surface area (Å²) in [4.78, 5) is 21.1. The first-order valence-corrected chi connectivity index (χ1v) is 9.36. The van der Waals surface area contributed by atoms with Crippen LogP contribution in [0.4, 0.5) is 17.2 Å². The van der Waals surface area contributed by atoms with Gasteiger partial charge in [-0.25, -0.2) is 4.98 Å². The van der Waals surface area contributed by atoms with Crippen molar-refractivity contribution in [2.75, 3.05) is 24.4 Å². The molecule has 1 aromatic heterocycles. The second-order valence-electron chi connectivity index (χ2n) is 6.07. The van der Waals surface area contributed by atoms with Gasteiger partial charge in [-0.2, -0.15) is 4.98 Å². The summed E-state index contributed by atoms with van der Waals surface area (Å²) in [6.07, 6.45) is 0. The molecule has 0 saturated carbocycles. The molecule has 0 bridgehead atoms. The van der Waals surface area contributed by atoms with E-state index < -0.39 is 0 Å². The van der Waals surface area contributed by atoms with Gasteiger partial charge in [0.2, 0.25) is 5.88 Å². The maximum absolute atomic E-state index is 12.6. The molecule has 0 spiro atoms. The zero-order valence-electron chi connectivity index (χ0n) is 16.3. The average molecular weight is 413 g/mol. The van der Waals surface area contributed by atoms with E-state index in [0.29, 0.717) is 46.2 Å². The first-order chi connectivity index (χ1) is 14.0. The molecule has 29 heavy (non-hydrogen) atoms. The van der Waals surface area contributed by atoms with Gasteiger partial charge in [-0.05, 0) is 56.3 Å². The van der Waals surface area contributed by atoms with Crippen LogP contribution in [-0.4, -0.2) is 29.6 Å². The van der Waals surface area contributed by atoms with Crippen molar-refractivity contribution in [1.82, 2.24) is 9.97 Å². The van der Waals surface area contributed by atoms with E-state index in [-0.39, 0.29) is 5.91 Å². The van der Waals surface area contributed by atoms with Crippen LogP contribution >= 0.6 is 11.6 Å². The van der Waals surface area contributed by atoms with Crippen LogP contribution in [0.15, 0.2) is 48.5 Å². The van der Waals surface area contributed by atoms with E-state index in [1.54, 1.807) is 43.3 Å². The molecule has 0 aliphatic rings. The predicted octanol–water partition coefficient (Wildman–Crippen LogP) is 4.84. The summed E-state index contributed by atoms with van der Waals surface area (Å²) in [6, 6.07) is 13.9. The van der Waals surface area contributed by atoms with Crippen LogP contribution in [0.5, 0.6) is 11.6 Å². The van der Waals surface area contributed by atoms with Crippen LogP contribution in [0.3, 0.4) is 0 Å². The number of carbonyl (C=O) groups is 1. The van der Waals surface area contributed by atoms with Crippen LogP contribution in [0.25, 0.3) is 0 Å². The molecule has 150 valence electrons. The van der Waals surface area contributed by atoms with Gasteiger partial charge in [0.1, 0.15) is 17.4 Å². The molecule has 3 rings (SSSR count). The Morgan fingerprint density at radius 2 is 1.79 bits per heavy atom. The van der Waals surface area contributed by atoms with Crippen LogP contribution in [0.1, 0.15) is 23.1 Å². The van der Waals surface area contributed by atoms with E-state index in [9.17, 15) is 4.79 Å². The molecule has 1 amide bonds. The average Bonchev–Trinajstić information content (AvgIpc) is 2.69. The summed E-state index contributed by atoms with van der Waals surface area (Å²) in [5.41, 5.74) is 1.81. The Morgan fingerprint density at radius 1 is 1.07 bits per heavy atom. The van der Waals surface area contributed by atoms with Gasteiger partial charge in [0, 0.05) is 22.5 Å². The zero-order chi connectivity index (χ0) is 20.8. The van der Waals surface area contributed by atoms with Crippen molar-refractivity contribution in [3.8, 4) is 11.6 Å². The standard InChI is InChI=1S/C21H21ClN4O3/c1-4-29-20-12-19(23-13(2)24-20)25-15-6-8-16(9-7-15)26-21(27)17-11-14(22)5-10-18(17)28-3/h5-12H,4H2,1-3H3,(H,26,27)(H,23,24,25). The van der Waals surface area contributed by atoms with E-state index in [2.05, 4.69) is 20.6 Å². The molecule has 3 aromatic rings. The number of carbonyl (C=O) groups excluding carboxylic acids is 1. The Hall–Kier alpha value is -3.32. The zero-order valence-corrected chi connectivity index (χ0v) is 17.1. The van der Waals surface area contributed by atoms with Crippen LogP contribution in [0.2, 0.25) is 5.02 Å². The van der Waals surface area contributed by atoms with Gasteiger partial charge >= 0.3 is 0 Å². The summed E-state index contributed by atoms with van der Waals surface area (Å²) >= 11 is 6.00. The lowest BCUT2D eigenvalue weighted by Gasteiger charge is -2.11. The van der Waals surface area contributed by atoms with E-state index in [4.69, 9.17) is 21.1 Å². The van der Waals surface area contributed by atoms with Gasteiger partial charge in [-0.1, -0.05) is 11.6 Å². The molecule has 2 N–H and O–H groups in total. The van der Waals surface area contributed by atoms with Gasteiger partial charge in [0.05, 0.1) is 19.3 Å². The Labute approximate surface area is 174 Å². The number of nitrogens with zero attached hydrogens (tertiary/aromatic N) is 2. The van der Waals surface area contributed by atoms with E-state index in [1.807, 2.05) is 19.1 Å². The summed E-state index contributed by atoms with van der Waals surface area (Å²) in [6.45, 7) is 4.23. The van der Waals surface area contributed by atoms with Gasteiger partial charge in [0.25, 0.3) is 5.91 Å². The van der Waals surface area contributed by atoms with Crippen LogP contribution in [-0.2, 0) is 0 Å². The number of aromatic nitrogens is 2. The smallest absolute Gasteiger partial charge is 0.259 e. The number of hydrogen-bond acceptors (Lipinski definition) is 6. The Bertz CT molecular complexity index is 1010. The van der Waals surface area contributed by atoms with Gasteiger partial charge < -0.3 is 20.1 Å². The molecular formula is C21H21ClN4O3. The second kappa shape index (κ2) is 9.25. The van der Waals surface area contributed by atoms with Crippen molar-refractivity contribution in [2.24, 2.45) is 0 Å². The summed E-state index contributed by atoms with van der Waals surface area (Å²) < 4.78 is 10.7. The molecule has 0 aliphatic heterocycles. The van der Waals surface area contributed by atoms with Crippen molar-refractivity contribution in [2.45, 2.75) is 13.8 Å². The molecule has 2 aromatic carbocycles. The Kier molecular flexibility index (Phi) is 6.51. The molecule has 0 radical (unpaired) electrons. The number of anilines is 3. The number of halogens is 1. The topological polar surface area (TPSA) is 85.4 Å². The lowest BCUT2D eigenvalue weighted by Crippen LogP contribution is -2.13. The van der Waals surface area contributed by atoms with Gasteiger partial charge in [0.15, 0.2) is 0 Å². The predicted molar refractivity (Wildman–Crippen MR) is 114 cm³/mol. The van der Waals surface area contributed by atoms with Gasteiger partial charge in [-0.3, -0.25) is 4.79 Å². The summed E-state index contributed by atoms with van der Waals surface area (Å²) in [5, 5.41) is 6.50. The highest BCUT2D eigenvalue weighted by Gasteiger charge is 2.13. The molecule has 0 aliphatic carbocycles. The lowest BCUT2D eigenvalue weighted by molar-refractivity contribution is 0.102. The highest BCUT2D eigenvalue weighted by atomic mass is 35.5. The molecule has 0 fully saturated rings. The van der Waals surface area contributed by atoms with Crippen LogP contribution in [0, 0.1) is 6.92 Å². The molecule has 7 nitrogen and oxygen atoms in total. The molecule has 8 heteroatoms. The lowest BCUT2D eigenvalue weighted by atomic mass is 10.1. The third-order valence-corrected chi connectivity index (χ3v) is 4.16. The Balaban J connectivity index is 1.71. The maximum Gasteiger partial charge on any atom is 0.259 e. The van der Waals surface area contributed by atoms with Crippen molar-refractivity contribution >= 4 is 34.7 Å². The third kappa shape index (κ3) is 5.36. The molecular weight excluding hydrogens is 392 g/mol. The SMILES string of the molecule is CCOc1cc(Nc2ccc(NC(=O)c3cc(Cl)ccc3OC)cc2)nc(C)n1. The number of hydrogen-bond donors (Lipinski definition) is 2. The van der Waals surface area contributed by atoms with E-state index in [1.165, 1.54) is 7.11 Å².